The largest absolute Gasteiger partial charge is 0.467 e. The second kappa shape index (κ2) is 6.51. The van der Waals surface area contributed by atoms with E-state index >= 15 is 0 Å². The molecule has 0 saturated heterocycles. The first-order chi connectivity index (χ1) is 9.61. The number of methoxy groups -OCH3 is 1. The third-order valence-corrected chi connectivity index (χ3v) is 3.38. The van der Waals surface area contributed by atoms with Crippen molar-refractivity contribution in [1.29, 1.82) is 0 Å². The van der Waals surface area contributed by atoms with Gasteiger partial charge in [0.2, 0.25) is 5.91 Å². The molecule has 1 aliphatic heterocycles. The van der Waals surface area contributed by atoms with E-state index < -0.39 is 5.97 Å². The van der Waals surface area contributed by atoms with E-state index in [-0.39, 0.29) is 19.1 Å². The van der Waals surface area contributed by atoms with Crippen LogP contribution in [0.3, 0.4) is 0 Å². The van der Waals surface area contributed by atoms with Gasteiger partial charge in [0.05, 0.1) is 13.3 Å². The van der Waals surface area contributed by atoms with E-state index in [4.69, 9.17) is 4.74 Å². The molecule has 0 aliphatic carbocycles. The van der Waals surface area contributed by atoms with Crippen molar-refractivity contribution in [3.8, 4) is 0 Å². The lowest BCUT2D eigenvalue weighted by atomic mass is 10.2. The van der Waals surface area contributed by atoms with Crippen LogP contribution in [0.5, 0.6) is 0 Å². The monoisotopic (exact) mass is 281 g/mol. The highest BCUT2D eigenvalue weighted by Crippen LogP contribution is 2.17. The van der Waals surface area contributed by atoms with E-state index in [1.807, 2.05) is 11.7 Å². The van der Waals surface area contributed by atoms with Crippen LogP contribution in [-0.4, -0.2) is 53.4 Å². The van der Waals surface area contributed by atoms with E-state index in [9.17, 15) is 9.59 Å². The van der Waals surface area contributed by atoms with Crippen molar-refractivity contribution in [3.05, 3.63) is 17.5 Å². The molecule has 1 aromatic heterocycles. The van der Waals surface area contributed by atoms with Gasteiger partial charge in [-0.1, -0.05) is 0 Å². The molecule has 0 spiro atoms. The minimum absolute atomic E-state index is 0.106. The maximum atomic E-state index is 12.1. The molecular formula is C13H19N3O4. The van der Waals surface area contributed by atoms with Crippen LogP contribution >= 0.6 is 0 Å². The van der Waals surface area contributed by atoms with Crippen LogP contribution in [0.1, 0.15) is 17.7 Å². The lowest BCUT2D eigenvalue weighted by molar-refractivity contribution is -0.148. The predicted octanol–water partition coefficient (Wildman–Crippen LogP) is -0.115. The van der Waals surface area contributed by atoms with Gasteiger partial charge in [-0.05, 0) is 12.8 Å². The average molecular weight is 281 g/mol. The van der Waals surface area contributed by atoms with Gasteiger partial charge in [-0.15, -0.1) is 0 Å². The Labute approximate surface area is 117 Å². The zero-order chi connectivity index (χ0) is 14.5. The quantitative estimate of drug-likeness (QED) is 0.720. The topological polar surface area (TPSA) is 73.7 Å². The summed E-state index contributed by atoms with van der Waals surface area (Å²) >= 11 is 0. The lowest BCUT2D eigenvalue weighted by Crippen LogP contribution is -2.34. The molecule has 0 radical (unpaired) electrons. The predicted molar refractivity (Wildman–Crippen MR) is 69.8 cm³/mol. The number of hydrogen-bond donors (Lipinski definition) is 0. The second-order valence-corrected chi connectivity index (χ2v) is 4.73. The highest BCUT2D eigenvalue weighted by atomic mass is 16.6. The van der Waals surface area contributed by atoms with Crippen molar-refractivity contribution in [1.82, 2.24) is 14.7 Å². The maximum Gasteiger partial charge on any atom is 0.331 e. The molecule has 0 N–H and O–H groups in total. The van der Waals surface area contributed by atoms with Gasteiger partial charge in [0.1, 0.15) is 13.2 Å². The van der Waals surface area contributed by atoms with Crippen LogP contribution in [0.2, 0.25) is 0 Å². The Morgan fingerprint density at radius 1 is 1.40 bits per heavy atom. The van der Waals surface area contributed by atoms with Crippen LogP contribution < -0.4 is 0 Å². The summed E-state index contributed by atoms with van der Waals surface area (Å²) in [6.07, 6.45) is 3.62. The summed E-state index contributed by atoms with van der Waals surface area (Å²) in [5, 5.41) is 4.22. The van der Waals surface area contributed by atoms with E-state index in [2.05, 4.69) is 9.84 Å². The zero-order valence-electron chi connectivity index (χ0n) is 11.8. The number of aromatic nitrogens is 2. The number of hydrogen-bond acceptors (Lipinski definition) is 5. The van der Waals surface area contributed by atoms with E-state index in [0.29, 0.717) is 13.1 Å². The number of aryl methyl sites for hydroxylation is 1. The second-order valence-electron chi connectivity index (χ2n) is 4.73. The molecule has 0 saturated carbocycles. The SMILES string of the molecule is COC(=O)COCC(=O)N1CCCc2c(cnn2C)C1. The van der Waals surface area contributed by atoms with Crippen molar-refractivity contribution >= 4 is 11.9 Å². The third kappa shape index (κ3) is 3.36. The fourth-order valence-corrected chi connectivity index (χ4v) is 2.27. The lowest BCUT2D eigenvalue weighted by Gasteiger charge is -2.20. The third-order valence-electron chi connectivity index (χ3n) is 3.38. The molecule has 1 aliphatic rings. The Balaban J connectivity index is 1.89. The Hall–Kier alpha value is -1.89. The average Bonchev–Trinajstić information content (AvgIpc) is 2.66. The molecule has 7 nitrogen and oxygen atoms in total. The molecule has 2 heterocycles. The molecule has 1 amide bonds. The fraction of sp³-hybridized carbons (Fsp3) is 0.615. The standard InChI is InChI=1S/C13H19N3O4/c1-15-11-4-3-5-16(7-10(11)6-14-15)12(17)8-20-9-13(18)19-2/h6H,3-5,7-9H2,1-2H3. The van der Waals surface area contributed by atoms with Crippen LogP contribution in [-0.2, 0) is 39.1 Å². The molecule has 0 atom stereocenters. The van der Waals surface area contributed by atoms with Gasteiger partial charge >= 0.3 is 5.97 Å². The number of esters is 1. The number of fused-ring (bicyclic) bond motifs is 1. The van der Waals surface area contributed by atoms with Gasteiger partial charge in [-0.2, -0.15) is 5.10 Å². The molecule has 7 heteroatoms. The Morgan fingerprint density at radius 2 is 2.20 bits per heavy atom. The molecule has 1 aromatic rings. The number of carbonyl (C=O) groups is 2. The number of rotatable bonds is 4. The van der Waals surface area contributed by atoms with Gasteiger partial charge in [0.25, 0.3) is 0 Å². The molecule has 110 valence electrons. The first-order valence-electron chi connectivity index (χ1n) is 6.54. The van der Waals surface area contributed by atoms with Gasteiger partial charge in [-0.3, -0.25) is 9.48 Å². The molecule has 0 aromatic carbocycles. The molecule has 0 unspecified atom stereocenters. The molecule has 20 heavy (non-hydrogen) atoms. The number of ether oxygens (including phenoxy) is 2. The first-order valence-corrected chi connectivity index (χ1v) is 6.54. The van der Waals surface area contributed by atoms with Crippen LogP contribution in [0, 0.1) is 0 Å². The molecule has 0 fully saturated rings. The maximum absolute atomic E-state index is 12.1. The minimum atomic E-state index is -0.483. The fourth-order valence-electron chi connectivity index (χ4n) is 2.27. The van der Waals surface area contributed by atoms with Crippen molar-refractivity contribution in [2.75, 3.05) is 26.9 Å². The summed E-state index contributed by atoms with van der Waals surface area (Å²) < 4.78 is 11.4. The van der Waals surface area contributed by atoms with Crippen molar-refractivity contribution in [2.45, 2.75) is 19.4 Å². The summed E-state index contributed by atoms with van der Waals surface area (Å²) in [7, 11) is 3.20. The Morgan fingerprint density at radius 3 is 2.95 bits per heavy atom. The van der Waals surface area contributed by atoms with E-state index in [1.165, 1.54) is 12.8 Å². The van der Waals surface area contributed by atoms with Crippen molar-refractivity contribution < 1.29 is 19.1 Å². The highest BCUT2D eigenvalue weighted by Gasteiger charge is 2.21. The summed E-state index contributed by atoms with van der Waals surface area (Å²) in [6.45, 7) is 0.928. The number of amides is 1. The summed E-state index contributed by atoms with van der Waals surface area (Å²) in [6, 6.07) is 0. The number of carbonyl (C=O) groups excluding carboxylic acids is 2. The van der Waals surface area contributed by atoms with Gasteiger partial charge in [0.15, 0.2) is 0 Å². The summed E-state index contributed by atoms with van der Waals surface area (Å²) in [5.74, 6) is -0.603. The smallest absolute Gasteiger partial charge is 0.331 e. The van der Waals surface area contributed by atoms with E-state index in [1.54, 1.807) is 11.1 Å². The Kier molecular flexibility index (Phi) is 4.73. The highest BCUT2D eigenvalue weighted by molar-refractivity contribution is 5.78. The summed E-state index contributed by atoms with van der Waals surface area (Å²) in [5.41, 5.74) is 2.25. The van der Waals surface area contributed by atoms with Gasteiger partial charge < -0.3 is 14.4 Å². The minimum Gasteiger partial charge on any atom is -0.467 e. The molecule has 0 bridgehead atoms. The van der Waals surface area contributed by atoms with Crippen LogP contribution in [0.4, 0.5) is 0 Å². The normalized spacial score (nSPS) is 14.6. The molecular weight excluding hydrogens is 262 g/mol. The van der Waals surface area contributed by atoms with Gasteiger partial charge in [0, 0.05) is 31.4 Å². The zero-order valence-corrected chi connectivity index (χ0v) is 11.8. The van der Waals surface area contributed by atoms with Crippen molar-refractivity contribution in [3.63, 3.8) is 0 Å². The summed E-state index contributed by atoms with van der Waals surface area (Å²) in [4.78, 5) is 24.7. The van der Waals surface area contributed by atoms with Crippen LogP contribution in [0.25, 0.3) is 0 Å². The van der Waals surface area contributed by atoms with E-state index in [0.717, 1.165) is 18.4 Å². The Bertz CT molecular complexity index is 498. The van der Waals surface area contributed by atoms with Gasteiger partial charge in [-0.25, -0.2) is 4.79 Å². The van der Waals surface area contributed by atoms with Crippen molar-refractivity contribution in [2.24, 2.45) is 7.05 Å². The molecule has 2 rings (SSSR count). The first kappa shape index (κ1) is 14.5. The number of nitrogens with zero attached hydrogens (tertiary/aromatic N) is 3. The van der Waals surface area contributed by atoms with Crippen LogP contribution in [0.15, 0.2) is 6.20 Å².